The summed E-state index contributed by atoms with van der Waals surface area (Å²) < 4.78 is 7.18. The van der Waals surface area contributed by atoms with Gasteiger partial charge in [0.2, 0.25) is 5.95 Å². The molecule has 0 saturated heterocycles. The smallest absolute Gasteiger partial charge is 0.238 e. The summed E-state index contributed by atoms with van der Waals surface area (Å²) >= 11 is 0. The second-order valence-corrected chi connectivity index (χ2v) is 20.3. The van der Waals surface area contributed by atoms with Crippen molar-refractivity contribution in [2.75, 3.05) is 0 Å². The van der Waals surface area contributed by atoms with Crippen LogP contribution in [0.4, 0.5) is 0 Å². The van der Waals surface area contributed by atoms with Crippen LogP contribution in [-0.4, -0.2) is 28.7 Å². The predicted molar refractivity (Wildman–Crippen MR) is 287 cm³/mol. The van der Waals surface area contributed by atoms with Crippen molar-refractivity contribution in [3.63, 3.8) is 0 Å². The molecule has 6 heteroatoms. The Balaban J connectivity index is 1.09. The van der Waals surface area contributed by atoms with Crippen molar-refractivity contribution in [2.24, 2.45) is 0 Å². The van der Waals surface area contributed by atoms with E-state index in [1.807, 2.05) is 18.2 Å². The number of aromatic nitrogens is 6. The molecule has 6 nitrogen and oxygen atoms in total. The number of hydrogen-bond donors (Lipinski definition) is 0. The molecule has 0 amide bonds. The zero-order chi connectivity index (χ0) is 46.2. The van der Waals surface area contributed by atoms with Crippen molar-refractivity contribution in [3.05, 3.63) is 205 Å². The third-order valence-corrected chi connectivity index (χ3v) is 15.3. The van der Waals surface area contributed by atoms with Crippen LogP contribution in [0.3, 0.4) is 0 Å². The van der Waals surface area contributed by atoms with Gasteiger partial charge in [-0.05, 0) is 100 Å². The van der Waals surface area contributed by atoms with Gasteiger partial charge in [-0.25, -0.2) is 4.98 Å². The fraction of sp³-hybridized carbons (Fsp3) is 0.127. The third-order valence-electron chi connectivity index (χ3n) is 15.3. The van der Waals surface area contributed by atoms with Gasteiger partial charge in [0, 0.05) is 54.8 Å². The van der Waals surface area contributed by atoms with Crippen LogP contribution in [-0.2, 0) is 10.8 Å². The van der Waals surface area contributed by atoms with Crippen LogP contribution >= 0.6 is 0 Å². The first-order chi connectivity index (χ1) is 33.7. The minimum atomic E-state index is -0.0171. The number of nitrogens with zero attached hydrogens (tertiary/aromatic N) is 6. The summed E-state index contributed by atoms with van der Waals surface area (Å²) in [6.45, 7) is 9.73. The molecular weight excluding hydrogens is 841 g/mol. The number of fused-ring (bicyclic) bond motifs is 13. The highest BCUT2D eigenvalue weighted by atomic mass is 15.2. The molecule has 0 spiro atoms. The lowest BCUT2D eigenvalue weighted by Crippen LogP contribution is -2.34. The van der Waals surface area contributed by atoms with Crippen LogP contribution in [0.5, 0.6) is 0 Å². The first-order valence-corrected chi connectivity index (χ1v) is 24.2. The van der Waals surface area contributed by atoms with Gasteiger partial charge in [-0.3, -0.25) is 4.57 Å². The standard InChI is InChI=1S/C63H48N6/c1-62(2)34-35-63(3,4)57-50(62)32-31-47-48-37-49-55(38-54(48)68(58(47)57)42-22-9-6-10-23-42)69(53-33-30-39-18-11-12-25-44(39)56(49)53)61-65-59(40-19-7-5-8-20-40)64-60(66-61)41-21-17-24-43(36-41)67-51-28-15-13-26-45(51)46-27-14-16-29-52(46)67/h5-33,36-38H,34-35H2,1-4H3. The number of benzene rings is 9. The maximum Gasteiger partial charge on any atom is 0.238 e. The van der Waals surface area contributed by atoms with E-state index in [2.05, 4.69) is 217 Å². The Morgan fingerprint density at radius 3 is 1.74 bits per heavy atom. The molecule has 0 fully saturated rings. The number of para-hydroxylation sites is 3. The van der Waals surface area contributed by atoms with E-state index in [-0.39, 0.29) is 10.8 Å². The fourth-order valence-electron chi connectivity index (χ4n) is 11.9. The molecule has 0 saturated carbocycles. The summed E-state index contributed by atoms with van der Waals surface area (Å²) in [7, 11) is 0. The van der Waals surface area contributed by atoms with Gasteiger partial charge in [0.05, 0.1) is 33.1 Å². The zero-order valence-electron chi connectivity index (χ0n) is 39.1. The molecule has 0 bridgehead atoms. The van der Waals surface area contributed by atoms with Crippen molar-refractivity contribution in [1.82, 2.24) is 28.7 Å². The topological polar surface area (TPSA) is 53.5 Å². The highest BCUT2D eigenvalue weighted by molar-refractivity contribution is 6.25. The Hall–Kier alpha value is -8.35. The monoisotopic (exact) mass is 888 g/mol. The van der Waals surface area contributed by atoms with Crippen molar-refractivity contribution < 1.29 is 0 Å². The molecule has 14 rings (SSSR count). The lowest BCUT2D eigenvalue weighted by Gasteiger charge is -2.42. The van der Waals surface area contributed by atoms with Crippen LogP contribution < -0.4 is 0 Å². The minimum absolute atomic E-state index is 0.0171. The van der Waals surface area contributed by atoms with E-state index in [0.29, 0.717) is 17.6 Å². The molecule has 0 atom stereocenters. The quantitative estimate of drug-likeness (QED) is 0.173. The van der Waals surface area contributed by atoms with Crippen LogP contribution in [0.2, 0.25) is 0 Å². The summed E-state index contributed by atoms with van der Waals surface area (Å²) in [6, 6.07) is 70.1. The van der Waals surface area contributed by atoms with Crippen molar-refractivity contribution in [3.8, 4) is 40.1 Å². The van der Waals surface area contributed by atoms with E-state index in [9.17, 15) is 0 Å². The molecule has 0 unspecified atom stereocenters. The second kappa shape index (κ2) is 14.6. The van der Waals surface area contributed by atoms with Crippen LogP contribution in [0.1, 0.15) is 51.7 Å². The Morgan fingerprint density at radius 1 is 0.377 bits per heavy atom. The number of rotatable bonds is 5. The van der Waals surface area contributed by atoms with Crippen molar-refractivity contribution in [1.29, 1.82) is 0 Å². The zero-order valence-corrected chi connectivity index (χ0v) is 39.1. The van der Waals surface area contributed by atoms with Gasteiger partial charge in [-0.15, -0.1) is 0 Å². The molecule has 0 aliphatic heterocycles. The molecule has 9 aromatic carbocycles. The number of hydrogen-bond acceptors (Lipinski definition) is 3. The van der Waals surface area contributed by atoms with Gasteiger partial charge in [-0.2, -0.15) is 9.97 Å². The van der Waals surface area contributed by atoms with E-state index in [1.165, 1.54) is 54.3 Å². The average Bonchev–Trinajstić information content (AvgIpc) is 4.02. The van der Waals surface area contributed by atoms with E-state index in [4.69, 9.17) is 15.0 Å². The van der Waals surface area contributed by atoms with Gasteiger partial charge in [0.1, 0.15) is 0 Å². The van der Waals surface area contributed by atoms with Gasteiger partial charge in [-0.1, -0.05) is 167 Å². The lowest BCUT2D eigenvalue weighted by atomic mass is 9.62. The molecule has 4 heterocycles. The largest absolute Gasteiger partial charge is 0.309 e. The Bertz CT molecular complexity index is 4190. The molecule has 0 radical (unpaired) electrons. The minimum Gasteiger partial charge on any atom is -0.309 e. The second-order valence-electron chi connectivity index (χ2n) is 20.3. The van der Waals surface area contributed by atoms with Gasteiger partial charge < -0.3 is 9.13 Å². The first-order valence-electron chi connectivity index (χ1n) is 24.2. The van der Waals surface area contributed by atoms with E-state index >= 15 is 0 Å². The van der Waals surface area contributed by atoms with E-state index in [1.54, 1.807) is 0 Å². The average molecular weight is 889 g/mol. The van der Waals surface area contributed by atoms with E-state index < -0.39 is 0 Å². The molecule has 0 N–H and O–H groups in total. The highest BCUT2D eigenvalue weighted by Crippen LogP contribution is 2.51. The molecule has 4 aromatic heterocycles. The molecule has 1 aliphatic rings. The Labute approximate surface area is 399 Å². The maximum atomic E-state index is 5.52. The summed E-state index contributed by atoms with van der Waals surface area (Å²) in [5.41, 5.74) is 13.8. The fourth-order valence-corrected chi connectivity index (χ4v) is 11.9. The molecule has 13 aromatic rings. The van der Waals surface area contributed by atoms with Crippen molar-refractivity contribution >= 4 is 76.2 Å². The summed E-state index contributed by atoms with van der Waals surface area (Å²) in [5.74, 6) is 1.79. The Morgan fingerprint density at radius 2 is 0.986 bits per heavy atom. The summed E-state index contributed by atoms with van der Waals surface area (Å²) in [4.78, 5) is 16.2. The molecule has 330 valence electrons. The summed E-state index contributed by atoms with van der Waals surface area (Å²) in [5, 5.41) is 9.69. The molecular formula is C63H48N6. The van der Waals surface area contributed by atoms with Gasteiger partial charge >= 0.3 is 0 Å². The van der Waals surface area contributed by atoms with Crippen LogP contribution in [0.25, 0.3) is 116 Å². The SMILES string of the molecule is CC1(C)CCC(C)(C)c2c1ccc1c3cc4c5c6ccccc6ccc5n(-c5nc(-c6ccccc6)nc(-c6cccc(-n7c8ccccc8c8ccccc87)c6)n5)c4cc3n(-c3ccccc3)c21. The summed E-state index contributed by atoms with van der Waals surface area (Å²) in [6.07, 6.45) is 2.28. The normalized spacial score (nSPS) is 14.5. The van der Waals surface area contributed by atoms with Gasteiger partial charge in [0.15, 0.2) is 11.6 Å². The Kier molecular flexibility index (Phi) is 8.40. The molecule has 1 aliphatic carbocycles. The third kappa shape index (κ3) is 5.88. The maximum absolute atomic E-state index is 5.52. The highest BCUT2D eigenvalue weighted by Gasteiger charge is 2.40. The first kappa shape index (κ1) is 39.8. The lowest BCUT2D eigenvalue weighted by molar-refractivity contribution is 0.334. The van der Waals surface area contributed by atoms with Crippen LogP contribution in [0.15, 0.2) is 194 Å². The van der Waals surface area contributed by atoms with Crippen LogP contribution in [0, 0.1) is 0 Å². The van der Waals surface area contributed by atoms with Crippen molar-refractivity contribution in [2.45, 2.75) is 51.4 Å². The van der Waals surface area contributed by atoms with E-state index in [0.717, 1.165) is 68.3 Å². The molecule has 69 heavy (non-hydrogen) atoms. The predicted octanol–water partition coefficient (Wildman–Crippen LogP) is 16.0. The van der Waals surface area contributed by atoms with Gasteiger partial charge in [0.25, 0.3) is 0 Å².